The van der Waals surface area contributed by atoms with E-state index in [4.69, 9.17) is 11.6 Å². The van der Waals surface area contributed by atoms with Gasteiger partial charge in [0, 0.05) is 19.2 Å². The minimum atomic E-state index is -4.58. The summed E-state index contributed by atoms with van der Waals surface area (Å²) in [5.41, 5.74) is 0.394. The maximum atomic E-state index is 13.0. The molecule has 2 atom stereocenters. The summed E-state index contributed by atoms with van der Waals surface area (Å²) in [7, 11) is 0. The highest BCUT2D eigenvalue weighted by Gasteiger charge is 2.41. The summed E-state index contributed by atoms with van der Waals surface area (Å²) in [6.45, 7) is 2.09. The first-order valence-electron chi connectivity index (χ1n) is 9.35. The van der Waals surface area contributed by atoms with Crippen LogP contribution in [0.4, 0.5) is 35.3 Å². The molecule has 13 heteroatoms. The van der Waals surface area contributed by atoms with Crippen LogP contribution in [0.3, 0.4) is 0 Å². The molecule has 9 nitrogen and oxygen atoms in total. The number of nitrogens with zero attached hydrogens (tertiary/aromatic N) is 5. The zero-order valence-electron chi connectivity index (χ0n) is 16.1. The Morgan fingerprint density at radius 2 is 2.06 bits per heavy atom. The van der Waals surface area contributed by atoms with E-state index in [1.807, 2.05) is 10.2 Å². The predicted molar refractivity (Wildman–Crippen MR) is 106 cm³/mol. The Kier molecular flexibility index (Phi) is 5.33. The van der Waals surface area contributed by atoms with E-state index in [-0.39, 0.29) is 28.5 Å². The Hall–Kier alpha value is -3.15. The number of urea groups is 1. The Morgan fingerprint density at radius 1 is 1.29 bits per heavy atom. The first kappa shape index (κ1) is 21.1. The van der Waals surface area contributed by atoms with Crippen molar-refractivity contribution in [3.05, 3.63) is 35.4 Å². The fourth-order valence-corrected chi connectivity index (χ4v) is 3.67. The molecular formula is C18H17ClF3N7O2. The first-order valence-corrected chi connectivity index (χ1v) is 9.72. The molecule has 0 unspecified atom stereocenters. The fraction of sp³-hybridized carbons (Fsp3) is 0.389. The molecule has 2 aliphatic heterocycles. The number of carbonyl (C=O) groups excluding carboxylic acids is 2. The number of anilines is 3. The zero-order chi connectivity index (χ0) is 22.3. The fourth-order valence-electron chi connectivity index (χ4n) is 3.52. The molecule has 0 radical (unpaired) electrons. The van der Waals surface area contributed by atoms with Crippen LogP contribution in [0.1, 0.15) is 23.8 Å². The van der Waals surface area contributed by atoms with E-state index < -0.39 is 24.2 Å². The van der Waals surface area contributed by atoms with Crippen molar-refractivity contribution in [2.24, 2.45) is 0 Å². The minimum Gasteiger partial charge on any atom is -0.366 e. The smallest absolute Gasteiger partial charge is 0.366 e. The molecule has 2 N–H and O–H groups in total. The third-order valence-electron chi connectivity index (χ3n) is 5.11. The molecule has 2 aromatic rings. The van der Waals surface area contributed by atoms with E-state index >= 15 is 0 Å². The number of halogens is 4. The van der Waals surface area contributed by atoms with Crippen LogP contribution >= 0.6 is 11.6 Å². The van der Waals surface area contributed by atoms with Gasteiger partial charge in [0.15, 0.2) is 5.82 Å². The normalized spacial score (nSPS) is 18.4. The maximum Gasteiger partial charge on any atom is 0.408 e. The van der Waals surface area contributed by atoms with Crippen LogP contribution in [-0.4, -0.2) is 58.2 Å². The van der Waals surface area contributed by atoms with Gasteiger partial charge in [-0.05, 0) is 25.5 Å². The molecule has 3 amide bonds. The number of nitrogens with one attached hydrogen (secondary N) is 2. The molecule has 31 heavy (non-hydrogen) atoms. The van der Waals surface area contributed by atoms with Gasteiger partial charge in [-0.3, -0.25) is 15.0 Å². The highest BCUT2D eigenvalue weighted by molar-refractivity contribution is 6.29. The van der Waals surface area contributed by atoms with Crippen molar-refractivity contribution in [3.63, 3.8) is 0 Å². The van der Waals surface area contributed by atoms with Crippen molar-refractivity contribution >= 4 is 40.9 Å². The number of aromatic nitrogens is 3. The van der Waals surface area contributed by atoms with E-state index in [0.717, 1.165) is 6.92 Å². The van der Waals surface area contributed by atoms with Gasteiger partial charge in [-0.2, -0.15) is 13.2 Å². The molecule has 0 spiro atoms. The molecule has 0 saturated carbocycles. The SMILES string of the molecule is C[C@@H](NC(=O)c1ccc2c(n1)N(C(=O)Nc1cc(Cl)ncn1)[C@H]1CCN2C1)C(F)(F)F. The Labute approximate surface area is 179 Å². The van der Waals surface area contributed by atoms with Crippen LogP contribution in [0, 0.1) is 0 Å². The quantitative estimate of drug-likeness (QED) is 0.690. The lowest BCUT2D eigenvalue weighted by atomic mass is 10.1. The highest BCUT2D eigenvalue weighted by Crippen LogP contribution is 2.39. The van der Waals surface area contributed by atoms with Crippen molar-refractivity contribution in [2.75, 3.05) is 28.2 Å². The zero-order valence-corrected chi connectivity index (χ0v) is 16.9. The third-order valence-corrected chi connectivity index (χ3v) is 5.32. The summed E-state index contributed by atoms with van der Waals surface area (Å²) in [6, 6.07) is 1.50. The Balaban J connectivity index is 1.63. The number of hydrogen-bond donors (Lipinski definition) is 2. The van der Waals surface area contributed by atoms with E-state index in [1.54, 1.807) is 6.07 Å². The first-order chi connectivity index (χ1) is 14.6. The monoisotopic (exact) mass is 455 g/mol. The van der Waals surface area contributed by atoms with Gasteiger partial charge >= 0.3 is 12.2 Å². The molecule has 164 valence electrons. The van der Waals surface area contributed by atoms with Gasteiger partial charge in [-0.1, -0.05) is 11.6 Å². The molecule has 0 aliphatic carbocycles. The van der Waals surface area contributed by atoms with Gasteiger partial charge in [-0.15, -0.1) is 0 Å². The molecule has 0 aromatic carbocycles. The molecule has 2 aliphatic rings. The summed E-state index contributed by atoms with van der Waals surface area (Å²) >= 11 is 5.83. The molecule has 1 fully saturated rings. The number of carbonyl (C=O) groups is 2. The minimum absolute atomic E-state index is 0.146. The van der Waals surface area contributed by atoms with Crippen molar-refractivity contribution < 1.29 is 22.8 Å². The summed E-state index contributed by atoms with van der Waals surface area (Å²) in [4.78, 5) is 40.7. The number of rotatable bonds is 3. The van der Waals surface area contributed by atoms with Crippen LogP contribution < -0.4 is 20.4 Å². The van der Waals surface area contributed by atoms with E-state index in [2.05, 4.69) is 20.3 Å². The third kappa shape index (κ3) is 4.20. The van der Waals surface area contributed by atoms with Crippen molar-refractivity contribution in [2.45, 2.75) is 31.6 Å². The Bertz CT molecular complexity index is 1040. The molecular weight excluding hydrogens is 439 g/mol. The second kappa shape index (κ2) is 7.84. The Morgan fingerprint density at radius 3 is 2.77 bits per heavy atom. The van der Waals surface area contributed by atoms with Crippen LogP contribution in [0.15, 0.2) is 24.5 Å². The van der Waals surface area contributed by atoms with Crippen LogP contribution in [0.5, 0.6) is 0 Å². The average Bonchev–Trinajstić information content (AvgIpc) is 3.11. The molecule has 2 aromatic heterocycles. The number of hydrogen-bond acceptors (Lipinski definition) is 6. The van der Waals surface area contributed by atoms with Gasteiger partial charge in [0.2, 0.25) is 0 Å². The maximum absolute atomic E-state index is 13.0. The van der Waals surface area contributed by atoms with Gasteiger partial charge < -0.3 is 10.2 Å². The summed E-state index contributed by atoms with van der Waals surface area (Å²) in [6.07, 6.45) is -2.72. The van der Waals surface area contributed by atoms with Crippen LogP contribution in [0.25, 0.3) is 0 Å². The van der Waals surface area contributed by atoms with Crippen LogP contribution in [0.2, 0.25) is 5.15 Å². The van der Waals surface area contributed by atoms with Crippen molar-refractivity contribution in [1.29, 1.82) is 0 Å². The number of fused-ring (bicyclic) bond motifs is 4. The number of pyridine rings is 1. The average molecular weight is 456 g/mol. The van der Waals surface area contributed by atoms with Crippen molar-refractivity contribution in [1.82, 2.24) is 20.3 Å². The lowest BCUT2D eigenvalue weighted by Gasteiger charge is -2.35. The predicted octanol–water partition coefficient (Wildman–Crippen LogP) is 2.84. The summed E-state index contributed by atoms with van der Waals surface area (Å²) in [5, 5.41) is 4.65. The van der Waals surface area contributed by atoms with Gasteiger partial charge in [0.1, 0.15) is 29.0 Å². The molecule has 4 heterocycles. The van der Waals surface area contributed by atoms with Gasteiger partial charge in [0.05, 0.1) is 11.7 Å². The summed E-state index contributed by atoms with van der Waals surface area (Å²) in [5.74, 6) is -0.609. The second-order valence-electron chi connectivity index (χ2n) is 7.19. The molecule has 2 bridgehead atoms. The standard InChI is InChI=1S/C18H17ClF3N7O2/c1-9(18(20,21)22)25-16(30)11-2-3-12-15(26-11)29(10-4-5-28(12)7-10)17(31)27-14-6-13(19)23-8-24-14/h2-3,6,8-10H,4-5,7H2,1H3,(H,25,30)(H,23,24,27,31)/t9-,10+/m1/s1. The molecule has 4 rings (SSSR count). The van der Waals surface area contributed by atoms with E-state index in [9.17, 15) is 22.8 Å². The number of amides is 3. The highest BCUT2D eigenvalue weighted by atomic mass is 35.5. The van der Waals surface area contributed by atoms with Gasteiger partial charge in [0.25, 0.3) is 5.91 Å². The van der Waals surface area contributed by atoms with Gasteiger partial charge in [-0.25, -0.2) is 19.7 Å². The lowest BCUT2D eigenvalue weighted by molar-refractivity contribution is -0.149. The second-order valence-corrected chi connectivity index (χ2v) is 7.58. The number of alkyl halides is 3. The molecule has 1 saturated heterocycles. The van der Waals surface area contributed by atoms with E-state index in [0.29, 0.717) is 25.2 Å². The van der Waals surface area contributed by atoms with E-state index in [1.165, 1.54) is 23.4 Å². The van der Waals surface area contributed by atoms with Crippen LogP contribution in [-0.2, 0) is 0 Å². The lowest BCUT2D eigenvalue weighted by Crippen LogP contribution is -2.49. The summed E-state index contributed by atoms with van der Waals surface area (Å²) < 4.78 is 38.4. The van der Waals surface area contributed by atoms with Crippen molar-refractivity contribution in [3.8, 4) is 0 Å². The largest absolute Gasteiger partial charge is 0.408 e. The topological polar surface area (TPSA) is 103 Å².